The molecule has 0 aliphatic heterocycles. The summed E-state index contributed by atoms with van der Waals surface area (Å²) in [7, 11) is 0. The van der Waals surface area contributed by atoms with Crippen LogP contribution >= 0.6 is 22.6 Å². The first-order valence-corrected chi connectivity index (χ1v) is 4.14. The number of rotatable bonds is 3. The third kappa shape index (κ3) is 3.87. The van der Waals surface area contributed by atoms with Gasteiger partial charge in [-0.15, -0.1) is 0 Å². The van der Waals surface area contributed by atoms with Crippen molar-refractivity contribution in [1.82, 2.24) is 5.01 Å². The number of hydrogen-bond donors (Lipinski definition) is 2. The zero-order valence-electron chi connectivity index (χ0n) is 6.08. The Morgan fingerprint density at radius 1 is 1.64 bits per heavy atom. The minimum Gasteiger partial charge on any atom is -0.305 e. The Morgan fingerprint density at radius 3 is 2.64 bits per heavy atom. The summed E-state index contributed by atoms with van der Waals surface area (Å²) < 4.78 is 1.54. The maximum atomic E-state index is 7.22. The maximum Gasteiger partial charge on any atom is 0.163 e. The molecule has 0 heterocycles. The molecule has 0 bridgehead atoms. The number of hydrogen-bond acceptors (Lipinski definition) is 3. The Hall–Kier alpha value is -0.720. The van der Waals surface area contributed by atoms with Crippen LogP contribution in [0.4, 0.5) is 0 Å². The van der Waals surface area contributed by atoms with Gasteiger partial charge in [-0.2, -0.15) is 5.10 Å². The van der Waals surface area contributed by atoms with E-state index in [9.17, 15) is 0 Å². The van der Waals surface area contributed by atoms with Gasteiger partial charge in [0.15, 0.2) is 5.84 Å². The Labute approximate surface area is 79.1 Å². The van der Waals surface area contributed by atoms with Crippen LogP contribution in [0.3, 0.4) is 0 Å². The van der Waals surface area contributed by atoms with Crippen LogP contribution in [0.15, 0.2) is 17.4 Å². The highest BCUT2D eigenvalue weighted by molar-refractivity contribution is 14.1. The van der Waals surface area contributed by atoms with Crippen molar-refractivity contribution in [1.29, 1.82) is 10.8 Å². The molecular formula is C6H9IN4. The lowest BCUT2D eigenvalue weighted by Crippen LogP contribution is -2.19. The second kappa shape index (κ2) is 6.02. The molecule has 0 radical (unpaired) electrons. The van der Waals surface area contributed by atoms with E-state index in [1.165, 1.54) is 9.23 Å². The third-order valence-corrected chi connectivity index (χ3v) is 1.09. The van der Waals surface area contributed by atoms with E-state index < -0.39 is 0 Å². The number of halogens is 1. The molecule has 0 atom stereocenters. The smallest absolute Gasteiger partial charge is 0.163 e. The highest BCUT2D eigenvalue weighted by Crippen LogP contribution is 1.92. The second-order valence-electron chi connectivity index (χ2n) is 1.57. The molecule has 60 valence electrons. The van der Waals surface area contributed by atoms with E-state index in [1.54, 1.807) is 12.3 Å². The van der Waals surface area contributed by atoms with E-state index in [4.69, 9.17) is 10.8 Å². The van der Waals surface area contributed by atoms with Gasteiger partial charge in [0.25, 0.3) is 0 Å². The molecule has 0 aliphatic rings. The van der Waals surface area contributed by atoms with Crippen molar-refractivity contribution in [2.75, 3.05) is 0 Å². The Bertz CT molecular complexity index is 185. The van der Waals surface area contributed by atoms with E-state index in [0.717, 1.165) is 6.21 Å². The third-order valence-electron chi connectivity index (χ3n) is 0.842. The minimum absolute atomic E-state index is 0.0380. The Morgan fingerprint density at radius 2 is 2.27 bits per heavy atom. The lowest BCUT2D eigenvalue weighted by atomic mass is 10.6. The lowest BCUT2D eigenvalue weighted by molar-refractivity contribution is 0.611. The van der Waals surface area contributed by atoms with Crippen LogP contribution in [-0.4, -0.2) is 21.3 Å². The molecule has 5 heteroatoms. The minimum atomic E-state index is 0.0380. The molecule has 0 spiro atoms. The van der Waals surface area contributed by atoms with Crippen LogP contribution < -0.4 is 0 Å². The molecular weight excluding hydrogens is 255 g/mol. The summed E-state index contributed by atoms with van der Waals surface area (Å²) in [6.07, 6.45) is 4.30. The van der Waals surface area contributed by atoms with Crippen molar-refractivity contribution in [3.05, 3.63) is 12.3 Å². The van der Waals surface area contributed by atoms with Crippen molar-refractivity contribution >= 4 is 38.9 Å². The van der Waals surface area contributed by atoms with Crippen molar-refractivity contribution in [2.45, 2.75) is 6.92 Å². The van der Waals surface area contributed by atoms with Crippen molar-refractivity contribution < 1.29 is 0 Å². The van der Waals surface area contributed by atoms with Crippen molar-refractivity contribution in [3.63, 3.8) is 0 Å². The fourth-order valence-corrected chi connectivity index (χ4v) is 0.704. The van der Waals surface area contributed by atoms with Crippen LogP contribution in [0.1, 0.15) is 6.92 Å². The second-order valence-corrected chi connectivity index (χ2v) is 2.13. The number of hydrazone groups is 1. The van der Waals surface area contributed by atoms with Crippen LogP contribution in [-0.2, 0) is 0 Å². The average molecular weight is 264 g/mol. The molecule has 0 aromatic rings. The van der Waals surface area contributed by atoms with Gasteiger partial charge < -0.3 is 5.41 Å². The van der Waals surface area contributed by atoms with Gasteiger partial charge in [0.2, 0.25) is 0 Å². The van der Waals surface area contributed by atoms with E-state index in [0.29, 0.717) is 0 Å². The standard InChI is InChI=1S/C6H9IN4/c1-2-3-11(10-5-7)6(9)4-8/h2-5,8-9H,1H3/b3-2-,8-4?,9-6?,10-5-. The number of allylic oxidation sites excluding steroid dienone is 1. The van der Waals surface area contributed by atoms with Gasteiger partial charge in [-0.1, -0.05) is 6.08 Å². The van der Waals surface area contributed by atoms with Crippen LogP contribution in [0.5, 0.6) is 0 Å². The molecule has 11 heavy (non-hydrogen) atoms. The Kier molecular flexibility index (Phi) is 5.63. The Balaban J connectivity index is 4.32. The van der Waals surface area contributed by atoms with Gasteiger partial charge in [-0.3, -0.25) is 5.41 Å². The molecule has 0 aliphatic carbocycles. The molecule has 0 saturated heterocycles. The average Bonchev–Trinajstić information content (AvgIpc) is 2.03. The zero-order valence-corrected chi connectivity index (χ0v) is 8.24. The van der Waals surface area contributed by atoms with Crippen molar-refractivity contribution in [2.24, 2.45) is 5.10 Å². The first-order chi connectivity index (χ1) is 5.26. The molecule has 0 aromatic heterocycles. The van der Waals surface area contributed by atoms with Gasteiger partial charge in [0.1, 0.15) is 0 Å². The molecule has 4 nitrogen and oxygen atoms in total. The molecule has 0 unspecified atom stereocenters. The molecule has 0 aromatic carbocycles. The van der Waals surface area contributed by atoms with Crippen LogP contribution in [0.25, 0.3) is 0 Å². The summed E-state index contributed by atoms with van der Waals surface area (Å²) in [4.78, 5) is 0. The lowest BCUT2D eigenvalue weighted by Gasteiger charge is -2.09. The number of amidine groups is 1. The normalized spacial score (nSPS) is 10.7. The fraction of sp³-hybridized carbons (Fsp3) is 0.167. The highest BCUT2D eigenvalue weighted by atomic mass is 127. The number of nitrogens with one attached hydrogen (secondary N) is 2. The molecule has 0 fully saturated rings. The van der Waals surface area contributed by atoms with E-state index in [2.05, 4.69) is 5.10 Å². The predicted octanol–water partition coefficient (Wildman–Crippen LogP) is 1.83. The van der Waals surface area contributed by atoms with E-state index in [-0.39, 0.29) is 5.84 Å². The summed E-state index contributed by atoms with van der Waals surface area (Å²) in [6, 6.07) is 0. The fourth-order valence-electron chi connectivity index (χ4n) is 0.435. The van der Waals surface area contributed by atoms with Crippen LogP contribution in [0, 0.1) is 10.8 Å². The first-order valence-electron chi connectivity index (χ1n) is 2.90. The quantitative estimate of drug-likeness (QED) is 0.347. The summed E-state index contributed by atoms with van der Waals surface area (Å²) in [5.74, 6) is 0.0380. The zero-order chi connectivity index (χ0) is 8.69. The monoisotopic (exact) mass is 264 g/mol. The van der Waals surface area contributed by atoms with E-state index in [1.807, 2.05) is 29.5 Å². The van der Waals surface area contributed by atoms with Gasteiger partial charge in [0.05, 0.1) is 10.4 Å². The molecule has 0 amide bonds. The topological polar surface area (TPSA) is 63.3 Å². The van der Waals surface area contributed by atoms with Gasteiger partial charge >= 0.3 is 0 Å². The van der Waals surface area contributed by atoms with Gasteiger partial charge in [0, 0.05) is 6.20 Å². The summed E-state index contributed by atoms with van der Waals surface area (Å²) in [5.41, 5.74) is 0. The summed E-state index contributed by atoms with van der Waals surface area (Å²) in [6.45, 7) is 1.83. The summed E-state index contributed by atoms with van der Waals surface area (Å²) >= 11 is 1.95. The molecule has 0 saturated carbocycles. The molecule has 0 rings (SSSR count). The maximum absolute atomic E-state index is 7.22. The van der Waals surface area contributed by atoms with Crippen LogP contribution in [0.2, 0.25) is 0 Å². The highest BCUT2D eigenvalue weighted by Gasteiger charge is 1.97. The number of nitrogens with zero attached hydrogens (tertiary/aromatic N) is 2. The largest absolute Gasteiger partial charge is 0.305 e. The van der Waals surface area contributed by atoms with Gasteiger partial charge in [-0.25, -0.2) is 5.01 Å². The first kappa shape index (κ1) is 10.3. The van der Waals surface area contributed by atoms with Gasteiger partial charge in [-0.05, 0) is 29.5 Å². The van der Waals surface area contributed by atoms with E-state index >= 15 is 0 Å². The summed E-state index contributed by atoms with van der Waals surface area (Å²) in [5, 5.41) is 19.1. The molecule has 2 N–H and O–H groups in total. The van der Waals surface area contributed by atoms with Crippen molar-refractivity contribution in [3.8, 4) is 0 Å². The SMILES string of the molecule is C/C=C\N(/N=C\I)C(=N)C=N. The predicted molar refractivity (Wildman–Crippen MR) is 55.7 cm³/mol.